The maximum atomic E-state index is 10.9. The number of amides is 1. The minimum atomic E-state index is -0.275. The Hall–Kier alpha value is -0.610. The van der Waals surface area contributed by atoms with Gasteiger partial charge in [0.2, 0.25) is 5.91 Å². The molecule has 0 radical (unpaired) electrons. The van der Waals surface area contributed by atoms with Crippen molar-refractivity contribution in [2.75, 3.05) is 26.3 Å². The molecule has 0 spiro atoms. The van der Waals surface area contributed by atoms with Gasteiger partial charge in [-0.1, -0.05) is 6.92 Å². The first kappa shape index (κ1) is 9.48. The summed E-state index contributed by atoms with van der Waals surface area (Å²) in [4.78, 5) is 13.0. The maximum Gasteiger partial charge on any atom is 0.237 e. The highest BCUT2D eigenvalue weighted by atomic mass is 16.5. The second-order valence-electron chi connectivity index (χ2n) is 3.03. The van der Waals surface area contributed by atoms with Crippen molar-refractivity contribution in [3.63, 3.8) is 0 Å². The predicted molar refractivity (Wildman–Crippen MR) is 45.7 cm³/mol. The molecule has 0 saturated carbocycles. The topological polar surface area (TPSA) is 55.6 Å². The molecule has 0 bridgehead atoms. The quantitative estimate of drug-likeness (QED) is 0.629. The fourth-order valence-corrected chi connectivity index (χ4v) is 1.45. The second-order valence-corrected chi connectivity index (χ2v) is 3.03. The van der Waals surface area contributed by atoms with Crippen molar-refractivity contribution in [3.05, 3.63) is 0 Å². The minimum absolute atomic E-state index is 0.210. The van der Waals surface area contributed by atoms with Crippen LogP contribution in [-0.4, -0.2) is 43.2 Å². The van der Waals surface area contributed by atoms with Crippen molar-refractivity contribution in [2.45, 2.75) is 19.4 Å². The van der Waals surface area contributed by atoms with E-state index in [1.807, 2.05) is 0 Å². The zero-order valence-electron chi connectivity index (χ0n) is 7.45. The van der Waals surface area contributed by atoms with Crippen LogP contribution in [0.2, 0.25) is 0 Å². The molecule has 1 aliphatic rings. The molecule has 0 aromatic carbocycles. The van der Waals surface area contributed by atoms with E-state index in [9.17, 15) is 4.79 Å². The Balaban J connectivity index is 2.48. The van der Waals surface area contributed by atoms with Crippen molar-refractivity contribution in [1.82, 2.24) is 4.90 Å². The zero-order valence-corrected chi connectivity index (χ0v) is 7.45. The highest BCUT2D eigenvalue weighted by molar-refractivity contribution is 5.80. The number of nitrogens with zero attached hydrogens (tertiary/aromatic N) is 1. The summed E-state index contributed by atoms with van der Waals surface area (Å²) in [6, 6.07) is -0.210. The number of ether oxygens (including phenoxy) is 1. The summed E-state index contributed by atoms with van der Waals surface area (Å²) in [7, 11) is 0. The molecule has 12 heavy (non-hydrogen) atoms. The van der Waals surface area contributed by atoms with Gasteiger partial charge in [-0.3, -0.25) is 9.69 Å². The van der Waals surface area contributed by atoms with Gasteiger partial charge in [-0.05, 0) is 13.0 Å². The first-order valence-corrected chi connectivity index (χ1v) is 4.36. The van der Waals surface area contributed by atoms with Gasteiger partial charge in [0.25, 0.3) is 0 Å². The largest absolute Gasteiger partial charge is 0.378 e. The van der Waals surface area contributed by atoms with Crippen LogP contribution in [0.5, 0.6) is 0 Å². The smallest absolute Gasteiger partial charge is 0.237 e. The molecule has 1 atom stereocenters. The van der Waals surface area contributed by atoms with Crippen LogP contribution in [0.15, 0.2) is 0 Å². The van der Waals surface area contributed by atoms with Crippen molar-refractivity contribution in [3.8, 4) is 0 Å². The SMILES string of the molecule is CCCN1CCOC[C@@H]1C(N)=O. The van der Waals surface area contributed by atoms with Crippen LogP contribution in [0.4, 0.5) is 0 Å². The van der Waals surface area contributed by atoms with Gasteiger partial charge in [0.1, 0.15) is 6.04 Å². The lowest BCUT2D eigenvalue weighted by Crippen LogP contribution is -2.52. The molecule has 2 N–H and O–H groups in total. The molecular weight excluding hydrogens is 156 g/mol. The van der Waals surface area contributed by atoms with Gasteiger partial charge in [0.05, 0.1) is 13.2 Å². The summed E-state index contributed by atoms with van der Waals surface area (Å²) in [5, 5.41) is 0. The van der Waals surface area contributed by atoms with E-state index in [0.717, 1.165) is 19.5 Å². The molecule has 1 saturated heterocycles. The molecule has 1 aliphatic heterocycles. The number of hydrogen-bond acceptors (Lipinski definition) is 3. The maximum absolute atomic E-state index is 10.9. The third-order valence-electron chi connectivity index (χ3n) is 2.08. The molecule has 0 aromatic heterocycles. The van der Waals surface area contributed by atoms with E-state index < -0.39 is 0 Å². The molecule has 0 unspecified atom stereocenters. The Morgan fingerprint density at radius 2 is 2.50 bits per heavy atom. The molecule has 0 aromatic rings. The minimum Gasteiger partial charge on any atom is -0.378 e. The van der Waals surface area contributed by atoms with E-state index >= 15 is 0 Å². The van der Waals surface area contributed by atoms with Crippen LogP contribution in [0.1, 0.15) is 13.3 Å². The molecule has 4 nitrogen and oxygen atoms in total. The Bertz CT molecular complexity index is 159. The molecular formula is C8H16N2O2. The van der Waals surface area contributed by atoms with Gasteiger partial charge in [0.15, 0.2) is 0 Å². The second kappa shape index (κ2) is 4.42. The summed E-state index contributed by atoms with van der Waals surface area (Å²) in [5.41, 5.74) is 5.23. The summed E-state index contributed by atoms with van der Waals surface area (Å²) < 4.78 is 5.18. The summed E-state index contributed by atoms with van der Waals surface area (Å²) in [6.07, 6.45) is 1.05. The van der Waals surface area contributed by atoms with Crippen molar-refractivity contribution in [2.24, 2.45) is 5.73 Å². The number of carbonyl (C=O) groups is 1. The average Bonchev–Trinajstić information content (AvgIpc) is 2.05. The monoisotopic (exact) mass is 172 g/mol. The van der Waals surface area contributed by atoms with Crippen molar-refractivity contribution >= 4 is 5.91 Å². The number of morpholine rings is 1. The van der Waals surface area contributed by atoms with Crippen LogP contribution in [0, 0.1) is 0 Å². The van der Waals surface area contributed by atoms with E-state index in [4.69, 9.17) is 10.5 Å². The molecule has 1 rings (SSSR count). The van der Waals surface area contributed by atoms with Crippen LogP contribution in [-0.2, 0) is 9.53 Å². The van der Waals surface area contributed by atoms with Crippen LogP contribution < -0.4 is 5.73 Å². The third-order valence-corrected chi connectivity index (χ3v) is 2.08. The fourth-order valence-electron chi connectivity index (χ4n) is 1.45. The standard InChI is InChI=1S/C8H16N2O2/c1-2-3-10-4-5-12-6-7(10)8(9)11/h7H,2-6H2,1H3,(H2,9,11)/t7-/m1/s1. The number of hydrogen-bond donors (Lipinski definition) is 1. The first-order chi connectivity index (χ1) is 5.75. The lowest BCUT2D eigenvalue weighted by atomic mass is 10.2. The molecule has 70 valence electrons. The van der Waals surface area contributed by atoms with E-state index in [0.29, 0.717) is 13.2 Å². The Morgan fingerprint density at radius 1 is 1.75 bits per heavy atom. The van der Waals surface area contributed by atoms with E-state index in [2.05, 4.69) is 11.8 Å². The normalized spacial score (nSPS) is 25.6. The van der Waals surface area contributed by atoms with Crippen LogP contribution in [0.25, 0.3) is 0 Å². The third kappa shape index (κ3) is 2.19. The van der Waals surface area contributed by atoms with Crippen molar-refractivity contribution < 1.29 is 9.53 Å². The van der Waals surface area contributed by atoms with E-state index in [1.54, 1.807) is 0 Å². The van der Waals surface area contributed by atoms with Gasteiger partial charge < -0.3 is 10.5 Å². The molecule has 1 fully saturated rings. The van der Waals surface area contributed by atoms with E-state index in [-0.39, 0.29) is 11.9 Å². The number of carbonyl (C=O) groups excluding carboxylic acids is 1. The molecule has 4 heteroatoms. The summed E-state index contributed by atoms with van der Waals surface area (Å²) >= 11 is 0. The Labute approximate surface area is 72.7 Å². The highest BCUT2D eigenvalue weighted by Crippen LogP contribution is 2.06. The molecule has 1 heterocycles. The number of rotatable bonds is 3. The highest BCUT2D eigenvalue weighted by Gasteiger charge is 2.26. The van der Waals surface area contributed by atoms with Gasteiger partial charge in [-0.15, -0.1) is 0 Å². The fraction of sp³-hybridized carbons (Fsp3) is 0.875. The summed E-state index contributed by atoms with van der Waals surface area (Å²) in [6.45, 7) is 5.01. The van der Waals surface area contributed by atoms with Crippen LogP contribution >= 0.6 is 0 Å². The average molecular weight is 172 g/mol. The molecule has 0 aliphatic carbocycles. The Morgan fingerprint density at radius 3 is 3.08 bits per heavy atom. The lowest BCUT2D eigenvalue weighted by Gasteiger charge is -2.32. The van der Waals surface area contributed by atoms with Gasteiger partial charge in [-0.25, -0.2) is 0 Å². The van der Waals surface area contributed by atoms with Crippen molar-refractivity contribution in [1.29, 1.82) is 0 Å². The summed E-state index contributed by atoms with van der Waals surface area (Å²) in [5.74, 6) is -0.275. The zero-order chi connectivity index (χ0) is 8.97. The lowest BCUT2D eigenvalue weighted by molar-refractivity contribution is -0.129. The number of nitrogens with two attached hydrogens (primary N) is 1. The number of primary amides is 1. The van der Waals surface area contributed by atoms with Gasteiger partial charge in [-0.2, -0.15) is 0 Å². The predicted octanol–water partition coefficient (Wildman–Crippen LogP) is -0.417. The van der Waals surface area contributed by atoms with Gasteiger partial charge >= 0.3 is 0 Å². The van der Waals surface area contributed by atoms with Gasteiger partial charge in [0, 0.05) is 6.54 Å². The van der Waals surface area contributed by atoms with E-state index in [1.165, 1.54) is 0 Å². The molecule has 1 amide bonds. The first-order valence-electron chi connectivity index (χ1n) is 4.36. The Kier molecular flexibility index (Phi) is 3.49. The van der Waals surface area contributed by atoms with Crippen LogP contribution in [0.3, 0.4) is 0 Å².